The predicted octanol–water partition coefficient (Wildman–Crippen LogP) is 5.00. The number of piperidine rings is 1. The second-order valence-corrected chi connectivity index (χ2v) is 7.67. The van der Waals surface area contributed by atoms with E-state index in [0.29, 0.717) is 13.0 Å². The summed E-state index contributed by atoms with van der Waals surface area (Å²) in [5.74, 6) is -6.45. The van der Waals surface area contributed by atoms with Gasteiger partial charge >= 0.3 is 6.18 Å². The van der Waals surface area contributed by atoms with E-state index in [-0.39, 0.29) is 42.3 Å². The van der Waals surface area contributed by atoms with E-state index in [1.54, 1.807) is 0 Å². The highest BCUT2D eigenvalue weighted by molar-refractivity contribution is 5.97. The number of hydrogen-bond donors (Lipinski definition) is 1. The number of nitrogens with zero attached hydrogens (tertiary/aromatic N) is 3. The normalized spacial score (nSPS) is 20.7. The number of halogens is 7. The van der Waals surface area contributed by atoms with Gasteiger partial charge in [-0.3, -0.25) is 0 Å². The highest BCUT2D eigenvalue weighted by Gasteiger charge is 2.43. The first-order chi connectivity index (χ1) is 13.6. The molecule has 1 saturated heterocycles. The molecule has 1 atom stereocenters. The summed E-state index contributed by atoms with van der Waals surface area (Å²) in [5.41, 5.74) is 3.72. The minimum atomic E-state index is -4.92. The molecule has 1 fully saturated rings. The largest absolute Gasteiger partial charge is 0.407 e. The molecule has 2 heterocycles. The quantitative estimate of drug-likeness (QED) is 0.662. The molecule has 0 amide bonds. The summed E-state index contributed by atoms with van der Waals surface area (Å²) in [6.07, 6.45) is -5.07. The van der Waals surface area contributed by atoms with E-state index in [0.717, 1.165) is 6.07 Å². The van der Waals surface area contributed by atoms with Crippen LogP contribution >= 0.6 is 0 Å². The average Bonchev–Trinajstić information content (AvgIpc) is 2.60. The zero-order chi connectivity index (χ0) is 22.6. The third-order valence-electron chi connectivity index (χ3n) is 5.24. The molecule has 1 aromatic carbocycles. The molecule has 0 saturated carbocycles. The van der Waals surface area contributed by atoms with Crippen molar-refractivity contribution < 1.29 is 30.7 Å². The molecule has 0 bridgehead atoms. The summed E-state index contributed by atoms with van der Waals surface area (Å²) in [4.78, 5) is 6.74. The smallest absolute Gasteiger partial charge is 0.336 e. The summed E-state index contributed by atoms with van der Waals surface area (Å²) in [6.45, 7) is 3.87. The summed E-state index contributed by atoms with van der Waals surface area (Å²) in [6, 6.07) is -0.912. The third kappa shape index (κ3) is 4.12. The van der Waals surface area contributed by atoms with Gasteiger partial charge in [0.05, 0.1) is 12.2 Å². The van der Waals surface area contributed by atoms with E-state index in [2.05, 4.69) is 11.6 Å². The van der Waals surface area contributed by atoms with Crippen LogP contribution in [0.25, 0.3) is 5.70 Å². The molecule has 30 heavy (non-hydrogen) atoms. The molecule has 0 aromatic heterocycles. The Hall–Kier alpha value is -2.30. The lowest BCUT2D eigenvalue weighted by Gasteiger charge is -2.40. The molecule has 11 heteroatoms. The second kappa shape index (κ2) is 7.14. The summed E-state index contributed by atoms with van der Waals surface area (Å²) < 4.78 is 95.7. The molecule has 0 unspecified atom stereocenters. The minimum Gasteiger partial charge on any atom is -0.336 e. The highest BCUT2D eigenvalue weighted by Crippen LogP contribution is 2.45. The number of alkyl halides is 7. The Labute approximate surface area is 168 Å². The van der Waals surface area contributed by atoms with Crippen molar-refractivity contribution in [2.45, 2.75) is 43.8 Å². The van der Waals surface area contributed by atoms with E-state index in [4.69, 9.17) is 5.73 Å². The van der Waals surface area contributed by atoms with E-state index in [1.807, 2.05) is 0 Å². The monoisotopic (exact) mass is 438 g/mol. The van der Waals surface area contributed by atoms with Gasteiger partial charge in [0.15, 0.2) is 0 Å². The van der Waals surface area contributed by atoms with Gasteiger partial charge in [-0.05, 0) is 18.6 Å². The lowest BCUT2D eigenvalue weighted by molar-refractivity contribution is -0.149. The Morgan fingerprint density at radius 3 is 2.37 bits per heavy atom. The van der Waals surface area contributed by atoms with E-state index < -0.39 is 41.7 Å². The van der Waals surface area contributed by atoms with E-state index in [9.17, 15) is 30.7 Å². The summed E-state index contributed by atoms with van der Waals surface area (Å²) >= 11 is 0. The van der Waals surface area contributed by atoms with Crippen LogP contribution in [0.4, 0.5) is 36.4 Å². The van der Waals surface area contributed by atoms with Gasteiger partial charge in [-0.25, -0.2) is 22.6 Å². The topological polar surface area (TPSA) is 44.9 Å². The van der Waals surface area contributed by atoms with Crippen molar-refractivity contribution in [1.29, 1.82) is 0 Å². The molecule has 2 aliphatic heterocycles. The van der Waals surface area contributed by atoms with Crippen LogP contribution < -0.4 is 5.73 Å². The predicted molar refractivity (Wildman–Crippen MR) is 98.6 cm³/mol. The Balaban J connectivity index is 2.21. The number of benzene rings is 1. The maximum atomic E-state index is 13.9. The van der Waals surface area contributed by atoms with Crippen LogP contribution in [-0.2, 0) is 5.92 Å². The Morgan fingerprint density at radius 1 is 1.20 bits per heavy atom. The fourth-order valence-electron chi connectivity index (χ4n) is 3.56. The molecule has 2 N–H and O–H groups in total. The summed E-state index contributed by atoms with van der Waals surface area (Å²) in [7, 11) is 1.44. The first-order valence-corrected chi connectivity index (χ1v) is 9.15. The minimum absolute atomic E-state index is 0.0292. The van der Waals surface area contributed by atoms with Gasteiger partial charge in [0.2, 0.25) is 5.96 Å². The van der Waals surface area contributed by atoms with E-state index in [1.165, 1.54) is 16.8 Å². The molecule has 0 spiro atoms. The van der Waals surface area contributed by atoms with Crippen molar-refractivity contribution in [3.05, 3.63) is 35.4 Å². The average molecular weight is 438 g/mol. The number of aliphatic imine (C=N–C) groups is 1. The number of hydrogen-bond acceptors (Lipinski definition) is 4. The van der Waals surface area contributed by atoms with Crippen LogP contribution in [0.15, 0.2) is 23.7 Å². The highest BCUT2D eigenvalue weighted by atomic mass is 19.4. The van der Waals surface area contributed by atoms with Crippen molar-refractivity contribution in [2.75, 3.05) is 20.1 Å². The molecule has 0 radical (unpaired) electrons. The Kier molecular flexibility index (Phi) is 5.33. The lowest BCUT2D eigenvalue weighted by atomic mass is 9.93. The number of fused-ring (bicyclic) bond motifs is 1. The Bertz CT molecular complexity index is 886. The number of guanidine groups is 1. The molecule has 0 aliphatic carbocycles. The number of nitrogens with two attached hydrogens (primary N) is 1. The molecule has 2 aliphatic rings. The van der Waals surface area contributed by atoms with Gasteiger partial charge < -0.3 is 15.5 Å². The van der Waals surface area contributed by atoms with Gasteiger partial charge in [0.1, 0.15) is 6.04 Å². The third-order valence-corrected chi connectivity index (χ3v) is 5.24. The first-order valence-electron chi connectivity index (χ1n) is 9.15. The second-order valence-electron chi connectivity index (χ2n) is 7.67. The van der Waals surface area contributed by atoms with Gasteiger partial charge in [-0.1, -0.05) is 6.58 Å². The zero-order valence-corrected chi connectivity index (χ0v) is 16.3. The molecular formula is C19H21F7N4. The lowest BCUT2D eigenvalue weighted by Crippen LogP contribution is -2.51. The van der Waals surface area contributed by atoms with Gasteiger partial charge in [0, 0.05) is 49.3 Å². The summed E-state index contributed by atoms with van der Waals surface area (Å²) in [5, 5.41) is 0. The molecule has 3 rings (SSSR count). The number of likely N-dealkylation sites (tertiary alicyclic amines) is 1. The van der Waals surface area contributed by atoms with Crippen molar-refractivity contribution in [2.24, 2.45) is 10.7 Å². The zero-order valence-electron chi connectivity index (χ0n) is 16.3. The van der Waals surface area contributed by atoms with Crippen molar-refractivity contribution in [1.82, 2.24) is 9.80 Å². The fraction of sp³-hybridized carbons (Fsp3) is 0.526. The maximum absolute atomic E-state index is 13.9. The van der Waals surface area contributed by atoms with Gasteiger partial charge in [-0.15, -0.1) is 0 Å². The SMILES string of the molecule is C=C1c2cc(C(C)(F)F)cc([C@H](N)C(F)(F)F)c2N=C(N2CCCC(F)(F)C2)N1C. The molecule has 166 valence electrons. The maximum Gasteiger partial charge on any atom is 0.407 e. The standard InChI is InChI=1S/C19H21F7N4/c1-10-12-7-11(17(2,20)21)8-13(15(27)19(24,25)26)14(12)28-16(29(10)3)30-6-4-5-18(22,23)9-30/h7-8,15H,1,4-6,9,27H2,2-3H3/t15-/m0/s1. The van der Waals surface area contributed by atoms with Crippen LogP contribution in [-0.4, -0.2) is 48.0 Å². The fourth-order valence-corrected chi connectivity index (χ4v) is 3.56. The van der Waals surface area contributed by atoms with Crippen molar-refractivity contribution in [3.8, 4) is 0 Å². The van der Waals surface area contributed by atoms with Crippen LogP contribution in [0.2, 0.25) is 0 Å². The first kappa shape index (κ1) is 22.4. The van der Waals surface area contributed by atoms with Gasteiger partial charge in [0.25, 0.3) is 11.8 Å². The Morgan fingerprint density at radius 2 is 1.83 bits per heavy atom. The van der Waals surface area contributed by atoms with Gasteiger partial charge in [-0.2, -0.15) is 13.2 Å². The van der Waals surface area contributed by atoms with Crippen LogP contribution in [0.1, 0.15) is 42.5 Å². The van der Waals surface area contributed by atoms with Crippen LogP contribution in [0, 0.1) is 0 Å². The number of rotatable bonds is 2. The molecular weight excluding hydrogens is 417 g/mol. The van der Waals surface area contributed by atoms with Crippen molar-refractivity contribution >= 4 is 17.3 Å². The molecule has 4 nitrogen and oxygen atoms in total. The van der Waals surface area contributed by atoms with Crippen LogP contribution in [0.5, 0.6) is 0 Å². The van der Waals surface area contributed by atoms with Crippen LogP contribution in [0.3, 0.4) is 0 Å². The van der Waals surface area contributed by atoms with Crippen molar-refractivity contribution in [3.63, 3.8) is 0 Å². The molecule has 1 aromatic rings. The van der Waals surface area contributed by atoms with E-state index >= 15 is 0 Å².